The molecule has 0 heterocycles. The number of rotatable bonds is 6. The average Bonchev–Trinajstić information content (AvgIpc) is 2.38. The number of carboxylic acids is 1. The minimum atomic E-state index is -1.07. The van der Waals surface area contributed by atoms with Gasteiger partial charge in [0.2, 0.25) is 0 Å². The highest BCUT2D eigenvalue weighted by Gasteiger charge is 2.17. The molecule has 0 aliphatic rings. The average molecular weight is 317 g/mol. The molecule has 5 nitrogen and oxygen atoms in total. The fraction of sp³-hybridized carbons (Fsp3) is 0.429. The lowest BCUT2D eigenvalue weighted by Crippen LogP contribution is -2.44. The number of benzene rings is 1. The number of carboxylic acid groups (broad SMARTS) is 1. The molecule has 1 aromatic rings. The Balaban J connectivity index is 2.63. The van der Waals surface area contributed by atoms with Gasteiger partial charge in [0.05, 0.1) is 5.02 Å². The lowest BCUT2D eigenvalue weighted by Gasteiger charge is -2.23. The van der Waals surface area contributed by atoms with E-state index in [0.29, 0.717) is 12.1 Å². The lowest BCUT2D eigenvalue weighted by molar-refractivity contribution is -0.137. The highest BCUT2D eigenvalue weighted by molar-refractivity contribution is 6.30. The molecule has 7 heteroatoms. The first-order valence-corrected chi connectivity index (χ1v) is 6.86. The summed E-state index contributed by atoms with van der Waals surface area (Å²) in [5, 5.41) is 11.4. The summed E-state index contributed by atoms with van der Waals surface area (Å²) < 4.78 is 13.0. The van der Waals surface area contributed by atoms with Crippen molar-refractivity contribution < 1.29 is 19.1 Å². The number of nitrogens with one attached hydrogen (secondary N) is 1. The van der Waals surface area contributed by atoms with Gasteiger partial charge in [-0.2, -0.15) is 0 Å². The van der Waals surface area contributed by atoms with Crippen LogP contribution < -0.4 is 5.32 Å². The minimum absolute atomic E-state index is 0.0219. The van der Waals surface area contributed by atoms with E-state index in [4.69, 9.17) is 16.7 Å². The van der Waals surface area contributed by atoms with Crippen molar-refractivity contribution in [2.75, 3.05) is 13.1 Å². The molecular weight excluding hydrogens is 299 g/mol. The molecule has 0 saturated heterocycles. The van der Waals surface area contributed by atoms with E-state index in [1.165, 1.54) is 23.1 Å². The highest BCUT2D eigenvalue weighted by atomic mass is 35.5. The second-order valence-electron chi connectivity index (χ2n) is 5.08. The van der Waals surface area contributed by atoms with Crippen LogP contribution in [0.25, 0.3) is 0 Å². The molecule has 2 amide bonds. The molecule has 0 bridgehead atoms. The predicted octanol–water partition coefficient (Wildman–Crippen LogP) is 2.73. The van der Waals surface area contributed by atoms with Crippen molar-refractivity contribution in [3.8, 4) is 0 Å². The molecule has 0 fully saturated rings. The molecule has 116 valence electrons. The Kier molecular flexibility index (Phi) is 6.42. The van der Waals surface area contributed by atoms with Crippen LogP contribution in [0.15, 0.2) is 18.2 Å². The van der Waals surface area contributed by atoms with E-state index in [9.17, 15) is 14.0 Å². The number of hydrogen-bond donors (Lipinski definition) is 2. The molecule has 0 atom stereocenters. The Morgan fingerprint density at radius 1 is 1.43 bits per heavy atom. The Morgan fingerprint density at radius 2 is 2.10 bits per heavy atom. The summed E-state index contributed by atoms with van der Waals surface area (Å²) in [7, 11) is 0. The van der Waals surface area contributed by atoms with Crippen LogP contribution in [0.3, 0.4) is 0 Å². The number of halogens is 2. The van der Waals surface area contributed by atoms with Gasteiger partial charge < -0.3 is 15.3 Å². The van der Waals surface area contributed by atoms with Crippen molar-refractivity contribution in [3.63, 3.8) is 0 Å². The molecule has 0 aliphatic heterocycles. The van der Waals surface area contributed by atoms with Gasteiger partial charge in [-0.3, -0.25) is 4.79 Å². The van der Waals surface area contributed by atoms with Gasteiger partial charge in [0, 0.05) is 13.1 Å². The van der Waals surface area contributed by atoms with Crippen LogP contribution in [0, 0.1) is 11.7 Å². The van der Waals surface area contributed by atoms with Crippen molar-refractivity contribution in [3.05, 3.63) is 34.6 Å². The Morgan fingerprint density at radius 3 is 2.62 bits per heavy atom. The number of amides is 2. The molecule has 0 aromatic heterocycles. The van der Waals surface area contributed by atoms with Gasteiger partial charge in [-0.1, -0.05) is 31.5 Å². The summed E-state index contributed by atoms with van der Waals surface area (Å²) in [6.07, 6.45) is 0. The molecule has 0 saturated carbocycles. The first kappa shape index (κ1) is 17.2. The van der Waals surface area contributed by atoms with Gasteiger partial charge in [0.1, 0.15) is 12.4 Å². The third kappa shape index (κ3) is 5.99. The first-order valence-electron chi connectivity index (χ1n) is 6.48. The largest absolute Gasteiger partial charge is 0.480 e. The van der Waals surface area contributed by atoms with Crippen molar-refractivity contribution in [2.24, 2.45) is 5.92 Å². The summed E-state index contributed by atoms with van der Waals surface area (Å²) in [6, 6.07) is 3.66. The Hall–Kier alpha value is -1.82. The predicted molar refractivity (Wildman–Crippen MR) is 77.7 cm³/mol. The van der Waals surface area contributed by atoms with Crippen LogP contribution in [0.5, 0.6) is 0 Å². The Labute approximate surface area is 127 Å². The number of urea groups is 1. The highest BCUT2D eigenvalue weighted by Crippen LogP contribution is 2.15. The van der Waals surface area contributed by atoms with Crippen LogP contribution in [0.4, 0.5) is 9.18 Å². The zero-order valence-electron chi connectivity index (χ0n) is 11.9. The van der Waals surface area contributed by atoms with E-state index < -0.39 is 17.8 Å². The molecule has 0 aliphatic carbocycles. The van der Waals surface area contributed by atoms with Crippen molar-refractivity contribution in [2.45, 2.75) is 20.4 Å². The number of hydrogen-bond acceptors (Lipinski definition) is 2. The fourth-order valence-electron chi connectivity index (χ4n) is 1.76. The number of nitrogens with zero attached hydrogens (tertiary/aromatic N) is 1. The summed E-state index contributed by atoms with van der Waals surface area (Å²) in [5.74, 6) is -1.45. The van der Waals surface area contributed by atoms with E-state index in [2.05, 4.69) is 5.32 Å². The SMILES string of the molecule is CC(C)CN(CC(=O)O)C(=O)NCc1ccc(F)c(Cl)c1. The number of carbonyl (C=O) groups is 2. The van der Waals surface area contributed by atoms with E-state index in [0.717, 1.165) is 0 Å². The number of carbonyl (C=O) groups excluding carboxylic acids is 1. The van der Waals surface area contributed by atoms with Gasteiger partial charge in [0.15, 0.2) is 0 Å². The quantitative estimate of drug-likeness (QED) is 0.848. The van der Waals surface area contributed by atoms with Gasteiger partial charge in [-0.15, -0.1) is 0 Å². The molecule has 0 spiro atoms. The van der Waals surface area contributed by atoms with E-state index in [-0.39, 0.29) is 24.0 Å². The summed E-state index contributed by atoms with van der Waals surface area (Å²) >= 11 is 5.65. The van der Waals surface area contributed by atoms with E-state index >= 15 is 0 Å². The lowest BCUT2D eigenvalue weighted by atomic mass is 10.2. The van der Waals surface area contributed by atoms with Crippen LogP contribution >= 0.6 is 11.6 Å². The van der Waals surface area contributed by atoms with Gasteiger partial charge in [-0.05, 0) is 23.6 Å². The summed E-state index contributed by atoms with van der Waals surface area (Å²) in [4.78, 5) is 24.0. The van der Waals surface area contributed by atoms with Crippen LogP contribution in [0.1, 0.15) is 19.4 Å². The first-order chi connectivity index (χ1) is 9.79. The molecule has 2 N–H and O–H groups in total. The second-order valence-corrected chi connectivity index (χ2v) is 5.48. The maximum Gasteiger partial charge on any atom is 0.323 e. The van der Waals surface area contributed by atoms with Crippen LogP contribution in [-0.2, 0) is 11.3 Å². The zero-order valence-corrected chi connectivity index (χ0v) is 12.7. The van der Waals surface area contributed by atoms with Crippen LogP contribution in [-0.4, -0.2) is 35.1 Å². The third-order valence-electron chi connectivity index (χ3n) is 2.63. The molecule has 0 radical (unpaired) electrons. The van der Waals surface area contributed by atoms with Crippen LogP contribution in [0.2, 0.25) is 5.02 Å². The third-order valence-corrected chi connectivity index (χ3v) is 2.92. The minimum Gasteiger partial charge on any atom is -0.480 e. The topological polar surface area (TPSA) is 69.6 Å². The normalized spacial score (nSPS) is 10.5. The van der Waals surface area contributed by atoms with Gasteiger partial charge in [-0.25, -0.2) is 9.18 Å². The second kappa shape index (κ2) is 7.83. The molecule has 1 rings (SSSR count). The van der Waals surface area contributed by atoms with Gasteiger partial charge in [0.25, 0.3) is 0 Å². The Bertz CT molecular complexity index is 523. The molecular formula is C14H18ClFN2O3. The molecule has 0 unspecified atom stereocenters. The van der Waals surface area contributed by atoms with Gasteiger partial charge >= 0.3 is 12.0 Å². The van der Waals surface area contributed by atoms with Crippen molar-refractivity contribution in [1.29, 1.82) is 0 Å². The number of aliphatic carboxylic acids is 1. The van der Waals surface area contributed by atoms with E-state index in [1.807, 2.05) is 13.8 Å². The molecule has 21 heavy (non-hydrogen) atoms. The van der Waals surface area contributed by atoms with Crippen molar-refractivity contribution in [1.82, 2.24) is 10.2 Å². The summed E-state index contributed by atoms with van der Waals surface area (Å²) in [6.45, 7) is 3.90. The fourth-order valence-corrected chi connectivity index (χ4v) is 1.97. The zero-order chi connectivity index (χ0) is 16.0. The van der Waals surface area contributed by atoms with E-state index in [1.54, 1.807) is 0 Å². The standard InChI is InChI=1S/C14H18ClFN2O3/c1-9(2)7-18(8-13(19)20)14(21)17-6-10-3-4-12(16)11(15)5-10/h3-5,9H,6-8H2,1-2H3,(H,17,21)(H,19,20). The maximum absolute atomic E-state index is 13.0. The smallest absolute Gasteiger partial charge is 0.323 e. The van der Waals surface area contributed by atoms with Crippen molar-refractivity contribution >= 4 is 23.6 Å². The maximum atomic E-state index is 13.0. The summed E-state index contributed by atoms with van der Waals surface area (Å²) in [5.41, 5.74) is 0.634. The molecule has 1 aromatic carbocycles. The monoisotopic (exact) mass is 316 g/mol.